The number of likely N-dealkylation sites (tertiary alicyclic amines) is 1. The number of hydrogen-bond acceptors (Lipinski definition) is 7. The number of amides is 2. The number of ether oxygens (including phenoxy) is 1. The van der Waals surface area contributed by atoms with Crippen LogP contribution in [0.4, 0.5) is 22.0 Å². The first-order valence-corrected chi connectivity index (χ1v) is 18.0. The molecule has 1 aliphatic rings. The Morgan fingerprint density at radius 1 is 0.962 bits per heavy atom. The van der Waals surface area contributed by atoms with E-state index >= 15 is 0 Å². The van der Waals surface area contributed by atoms with Gasteiger partial charge in [0.2, 0.25) is 5.78 Å². The van der Waals surface area contributed by atoms with Crippen molar-refractivity contribution < 1.29 is 45.9 Å². The smallest absolute Gasteiger partial charge is 0.405 e. The van der Waals surface area contributed by atoms with E-state index < -0.39 is 72.4 Å². The number of pyridine rings is 1. The summed E-state index contributed by atoms with van der Waals surface area (Å²) >= 11 is 13.8. The monoisotopic (exact) mass is 787 g/mol. The molecule has 2 amide bonds. The highest BCUT2D eigenvalue weighted by atomic mass is 35.5. The Morgan fingerprint density at radius 2 is 1.65 bits per heavy atom. The van der Waals surface area contributed by atoms with Gasteiger partial charge in [-0.05, 0) is 35.6 Å². The highest BCUT2D eigenvalue weighted by molar-refractivity contribution is 7.99. The third-order valence-electron chi connectivity index (χ3n) is 8.40. The largest absolute Gasteiger partial charge is 0.479 e. The molecular formula is C36H36Cl2F5N3O5S. The molecule has 0 aliphatic carbocycles. The van der Waals surface area contributed by atoms with Crippen LogP contribution in [0.15, 0.2) is 73.1 Å². The van der Waals surface area contributed by atoms with E-state index in [1.165, 1.54) is 49.0 Å². The Morgan fingerprint density at radius 3 is 2.29 bits per heavy atom. The minimum absolute atomic E-state index is 0.0114. The fourth-order valence-electron chi connectivity index (χ4n) is 5.74. The van der Waals surface area contributed by atoms with Crippen molar-refractivity contribution in [3.05, 3.63) is 94.2 Å². The van der Waals surface area contributed by atoms with Crippen LogP contribution in [0.5, 0.6) is 5.75 Å². The summed E-state index contributed by atoms with van der Waals surface area (Å²) in [5.74, 6) is -12.5. The third-order valence-corrected chi connectivity index (χ3v) is 10.2. The molecule has 280 valence electrons. The summed E-state index contributed by atoms with van der Waals surface area (Å²) in [6.07, 6.45) is -4.14. The molecule has 1 saturated heterocycles. The van der Waals surface area contributed by atoms with E-state index in [2.05, 4.69) is 4.98 Å². The Hall–Kier alpha value is -3.75. The van der Waals surface area contributed by atoms with Crippen LogP contribution in [0.25, 0.3) is 0 Å². The molecule has 3 aromatic rings. The van der Waals surface area contributed by atoms with Gasteiger partial charge in [0.05, 0.1) is 17.3 Å². The number of aromatic nitrogens is 1. The number of nitrogens with one attached hydrogen (secondary N) is 1. The molecule has 1 fully saturated rings. The van der Waals surface area contributed by atoms with Gasteiger partial charge in [-0.1, -0.05) is 79.5 Å². The van der Waals surface area contributed by atoms with Crippen LogP contribution in [-0.4, -0.2) is 75.8 Å². The Balaban J connectivity index is 1.63. The number of carbonyl (C=O) groups is 4. The predicted octanol–water partition coefficient (Wildman–Crippen LogP) is 7.40. The van der Waals surface area contributed by atoms with Crippen molar-refractivity contribution >= 4 is 58.3 Å². The zero-order chi connectivity index (χ0) is 38.2. The van der Waals surface area contributed by atoms with Crippen molar-refractivity contribution in [2.24, 2.45) is 11.8 Å². The van der Waals surface area contributed by atoms with Crippen molar-refractivity contribution in [3.63, 3.8) is 0 Å². The number of rotatable bonds is 16. The van der Waals surface area contributed by atoms with Gasteiger partial charge in [-0.3, -0.25) is 24.2 Å². The number of hydrogen-bond donors (Lipinski definition) is 1. The first-order valence-electron chi connectivity index (χ1n) is 16.2. The minimum Gasteiger partial charge on any atom is -0.479 e. The van der Waals surface area contributed by atoms with Crippen LogP contribution in [0, 0.1) is 11.8 Å². The number of nitrogens with zero attached hydrogens (tertiary/aromatic N) is 2. The fourth-order valence-corrected chi connectivity index (χ4v) is 7.32. The number of benzene rings is 2. The number of alkyl halides is 5. The summed E-state index contributed by atoms with van der Waals surface area (Å²) in [5, 5.41) is 1.41. The number of thioether (sulfide) groups is 1. The molecule has 1 N–H and O–H groups in total. The average molecular weight is 789 g/mol. The summed E-state index contributed by atoms with van der Waals surface area (Å²) in [7, 11) is 0. The second-order valence-corrected chi connectivity index (χ2v) is 14.9. The molecule has 0 unspecified atom stereocenters. The molecule has 1 aromatic heterocycles. The van der Waals surface area contributed by atoms with E-state index in [4.69, 9.17) is 27.9 Å². The summed E-state index contributed by atoms with van der Waals surface area (Å²) < 4.78 is 73.9. The van der Waals surface area contributed by atoms with Crippen molar-refractivity contribution in [1.29, 1.82) is 0 Å². The lowest BCUT2D eigenvalue weighted by molar-refractivity contribution is -0.167. The van der Waals surface area contributed by atoms with E-state index in [0.717, 1.165) is 10.9 Å². The zero-order valence-electron chi connectivity index (χ0n) is 28.0. The SMILES string of the molecule is CC(C)[C@H](CC(=O)[C@@H]1C[C@@H](SCc2ccccc2)CN1C(=O)[C@@H](Cc1cccc(Cl)c1)Oc1cncc(Cl)c1)C(=O)C(F)(F)C(=O)NCC(F)(F)F. The molecule has 52 heavy (non-hydrogen) atoms. The number of halogens is 7. The maximum atomic E-state index is 15.0. The van der Waals surface area contributed by atoms with E-state index in [9.17, 15) is 41.1 Å². The molecule has 0 bridgehead atoms. The lowest BCUT2D eigenvalue weighted by Crippen LogP contribution is -2.52. The molecule has 4 atom stereocenters. The lowest BCUT2D eigenvalue weighted by Gasteiger charge is -2.30. The van der Waals surface area contributed by atoms with Crippen molar-refractivity contribution in [2.75, 3.05) is 13.1 Å². The van der Waals surface area contributed by atoms with Crippen LogP contribution in [0.1, 0.15) is 37.8 Å². The highest BCUT2D eigenvalue weighted by Crippen LogP contribution is 2.35. The third kappa shape index (κ3) is 11.4. The van der Waals surface area contributed by atoms with E-state index in [1.807, 2.05) is 30.3 Å². The van der Waals surface area contributed by atoms with Crippen LogP contribution in [-0.2, 0) is 31.4 Å². The zero-order valence-corrected chi connectivity index (χ0v) is 30.4. The molecule has 8 nitrogen and oxygen atoms in total. The van der Waals surface area contributed by atoms with Crippen molar-refractivity contribution in [3.8, 4) is 5.75 Å². The topological polar surface area (TPSA) is 106 Å². The molecule has 1 aliphatic heterocycles. The van der Waals surface area contributed by atoms with E-state index in [-0.39, 0.29) is 35.4 Å². The van der Waals surface area contributed by atoms with Crippen molar-refractivity contribution in [2.45, 2.75) is 68.4 Å². The van der Waals surface area contributed by atoms with Crippen LogP contribution < -0.4 is 10.1 Å². The fraction of sp³-hybridized carbons (Fsp3) is 0.417. The summed E-state index contributed by atoms with van der Waals surface area (Å²) in [6, 6.07) is 16.5. The van der Waals surface area contributed by atoms with Gasteiger partial charge in [0.15, 0.2) is 11.9 Å². The molecule has 0 radical (unpaired) electrons. The predicted molar refractivity (Wildman–Crippen MR) is 187 cm³/mol. The standard InChI is InChI=1S/C36H36Cl2F5N3O5S/c1-21(2)28(32(48)36(42,43)34(50)45-20-35(39,40)41)15-30(47)29-14-27(52-19-22-7-4-3-5-8-22)18-46(29)33(49)31(12-23-9-6-10-24(37)11-23)51-26-13-25(38)16-44-17-26/h3-11,13,16-17,21,27-29,31H,12,14-15,18-20H2,1-2H3,(H,45,50)/t27-,28+,29+,31-/m1/s1. The van der Waals surface area contributed by atoms with Gasteiger partial charge in [0, 0.05) is 53.6 Å². The Labute approximate surface area is 311 Å². The van der Waals surface area contributed by atoms with Gasteiger partial charge in [-0.15, -0.1) is 0 Å². The van der Waals surface area contributed by atoms with Gasteiger partial charge in [-0.2, -0.15) is 33.7 Å². The van der Waals surface area contributed by atoms with Crippen molar-refractivity contribution in [1.82, 2.24) is 15.2 Å². The average Bonchev–Trinajstić information content (AvgIpc) is 3.52. The molecule has 2 heterocycles. The lowest BCUT2D eigenvalue weighted by atomic mass is 9.82. The van der Waals surface area contributed by atoms with Gasteiger partial charge < -0.3 is 15.0 Å². The molecule has 2 aromatic carbocycles. The quantitative estimate of drug-likeness (QED) is 0.119. The van der Waals surface area contributed by atoms with Gasteiger partial charge in [0.25, 0.3) is 11.8 Å². The van der Waals surface area contributed by atoms with E-state index in [1.54, 1.807) is 24.3 Å². The summed E-state index contributed by atoms with van der Waals surface area (Å²) in [6.45, 7) is 0.768. The minimum atomic E-state index is -4.99. The molecule has 4 rings (SSSR count). The first-order chi connectivity index (χ1) is 24.4. The maximum absolute atomic E-state index is 15.0. The molecule has 0 saturated carbocycles. The number of ketones is 2. The Bertz CT molecular complexity index is 1690. The number of Topliss-reactive ketones (excluding diaryl/α,β-unsaturated/α-hetero) is 2. The second-order valence-electron chi connectivity index (χ2n) is 12.7. The van der Waals surface area contributed by atoms with Crippen LogP contribution in [0.3, 0.4) is 0 Å². The molecule has 0 spiro atoms. The maximum Gasteiger partial charge on any atom is 0.405 e. The van der Waals surface area contributed by atoms with Gasteiger partial charge >= 0.3 is 12.1 Å². The second kappa shape index (κ2) is 17.8. The van der Waals surface area contributed by atoms with E-state index in [0.29, 0.717) is 16.3 Å². The normalized spacial score (nSPS) is 17.5. The number of carbonyl (C=O) groups excluding carboxylic acids is 4. The highest BCUT2D eigenvalue weighted by Gasteiger charge is 2.52. The molecule has 16 heteroatoms. The Kier molecular flexibility index (Phi) is 14.1. The van der Waals surface area contributed by atoms with Crippen LogP contribution in [0.2, 0.25) is 10.0 Å². The van der Waals surface area contributed by atoms with Crippen LogP contribution >= 0.6 is 35.0 Å². The summed E-state index contributed by atoms with van der Waals surface area (Å²) in [4.78, 5) is 58.9. The van der Waals surface area contributed by atoms with Gasteiger partial charge in [0.1, 0.15) is 12.3 Å². The first kappa shape index (κ1) is 41.0. The van der Waals surface area contributed by atoms with Gasteiger partial charge in [-0.25, -0.2) is 0 Å². The summed E-state index contributed by atoms with van der Waals surface area (Å²) in [5.41, 5.74) is 1.63. The molecular weight excluding hydrogens is 752 g/mol.